The van der Waals surface area contributed by atoms with Gasteiger partial charge in [0.15, 0.2) is 0 Å². The van der Waals surface area contributed by atoms with Crippen molar-refractivity contribution in [3.05, 3.63) is 48.2 Å². The lowest BCUT2D eigenvalue weighted by Gasteiger charge is -2.29. The van der Waals surface area contributed by atoms with Gasteiger partial charge in [0.1, 0.15) is 0 Å². The van der Waals surface area contributed by atoms with Crippen LogP contribution >= 0.6 is 0 Å². The third kappa shape index (κ3) is 3.28. The summed E-state index contributed by atoms with van der Waals surface area (Å²) in [6, 6.07) is 12.0. The molecule has 3 rings (SSSR count). The molecule has 108 valence electrons. The summed E-state index contributed by atoms with van der Waals surface area (Å²) >= 11 is 0. The normalized spacial score (nSPS) is 19.3. The molecule has 0 radical (unpaired) electrons. The van der Waals surface area contributed by atoms with Crippen LogP contribution in [0.5, 0.6) is 0 Å². The third-order valence-electron chi connectivity index (χ3n) is 3.79. The molecule has 0 bridgehead atoms. The average molecular weight is 281 g/mol. The minimum Gasteiger partial charge on any atom is -0.338 e. The second kappa shape index (κ2) is 6.06. The monoisotopic (exact) mass is 281 g/mol. The molecule has 1 atom stereocenters. The van der Waals surface area contributed by atoms with E-state index in [9.17, 15) is 4.79 Å². The van der Waals surface area contributed by atoms with Gasteiger partial charge in [0, 0.05) is 30.6 Å². The van der Waals surface area contributed by atoms with E-state index in [4.69, 9.17) is 5.73 Å². The Morgan fingerprint density at radius 3 is 3.00 bits per heavy atom. The molecule has 0 unspecified atom stereocenters. The number of benzene rings is 1. The summed E-state index contributed by atoms with van der Waals surface area (Å²) in [6.45, 7) is 1.44. The number of nitrogens with zero attached hydrogens (tertiary/aromatic N) is 2. The number of hydrogen-bond acceptors (Lipinski definition) is 3. The lowest BCUT2D eigenvalue weighted by Crippen LogP contribution is -2.45. The standard InChI is InChI=1S/C17H19N3O/c18-14-5-3-11-20(12-14)17(21)10-9-15-8-7-13-4-1-2-6-16(13)19-15/h1-2,4,6-10,14H,3,5,11-12,18H2/b10-9+/t14-/m1/s1. The van der Waals surface area contributed by atoms with Gasteiger partial charge in [-0.2, -0.15) is 0 Å². The Morgan fingerprint density at radius 1 is 1.29 bits per heavy atom. The lowest BCUT2D eigenvalue weighted by atomic mass is 10.1. The number of likely N-dealkylation sites (tertiary alicyclic amines) is 1. The van der Waals surface area contributed by atoms with Crippen LogP contribution in [0.2, 0.25) is 0 Å². The van der Waals surface area contributed by atoms with Crippen LogP contribution < -0.4 is 5.73 Å². The summed E-state index contributed by atoms with van der Waals surface area (Å²) in [4.78, 5) is 18.5. The van der Waals surface area contributed by atoms with E-state index < -0.39 is 0 Å². The average Bonchev–Trinajstić information content (AvgIpc) is 2.52. The fraction of sp³-hybridized carbons (Fsp3) is 0.294. The van der Waals surface area contributed by atoms with Crippen molar-refractivity contribution in [3.8, 4) is 0 Å². The van der Waals surface area contributed by atoms with Crippen LogP contribution in [-0.2, 0) is 4.79 Å². The number of carbonyl (C=O) groups is 1. The van der Waals surface area contributed by atoms with Crippen molar-refractivity contribution in [1.82, 2.24) is 9.88 Å². The zero-order chi connectivity index (χ0) is 14.7. The Balaban J connectivity index is 1.73. The molecule has 2 aromatic rings. The Kier molecular flexibility index (Phi) is 3.97. The molecule has 1 amide bonds. The Hall–Kier alpha value is -2.20. The molecule has 1 aromatic carbocycles. The van der Waals surface area contributed by atoms with Gasteiger partial charge < -0.3 is 10.6 Å². The van der Waals surface area contributed by atoms with E-state index in [0.717, 1.165) is 36.0 Å². The SMILES string of the molecule is N[C@@H]1CCCN(C(=O)/C=C/c2ccc3ccccc3n2)C1. The van der Waals surface area contributed by atoms with Crippen molar-refractivity contribution >= 4 is 22.9 Å². The molecule has 1 aromatic heterocycles. The van der Waals surface area contributed by atoms with Crippen molar-refractivity contribution in [2.24, 2.45) is 5.73 Å². The molecule has 2 N–H and O–H groups in total. The van der Waals surface area contributed by atoms with E-state index in [0.29, 0.717) is 6.54 Å². The fourth-order valence-electron chi connectivity index (χ4n) is 2.65. The molecule has 21 heavy (non-hydrogen) atoms. The molecule has 1 fully saturated rings. The smallest absolute Gasteiger partial charge is 0.246 e. The molecular weight excluding hydrogens is 262 g/mol. The van der Waals surface area contributed by atoms with Crippen LogP contribution in [0, 0.1) is 0 Å². The maximum absolute atomic E-state index is 12.1. The number of carbonyl (C=O) groups excluding carboxylic acids is 1. The summed E-state index contributed by atoms with van der Waals surface area (Å²) < 4.78 is 0. The van der Waals surface area contributed by atoms with Crippen LogP contribution in [0.1, 0.15) is 18.5 Å². The number of piperidine rings is 1. The molecular formula is C17H19N3O. The Bertz CT molecular complexity index is 681. The summed E-state index contributed by atoms with van der Waals surface area (Å²) in [7, 11) is 0. The molecule has 1 saturated heterocycles. The predicted octanol–water partition coefficient (Wildman–Crippen LogP) is 2.20. The third-order valence-corrected chi connectivity index (χ3v) is 3.79. The van der Waals surface area contributed by atoms with Gasteiger partial charge in [-0.1, -0.05) is 24.3 Å². The van der Waals surface area contributed by atoms with Crippen molar-refractivity contribution in [2.45, 2.75) is 18.9 Å². The number of pyridine rings is 1. The van der Waals surface area contributed by atoms with Crippen LogP contribution in [0.25, 0.3) is 17.0 Å². The number of fused-ring (bicyclic) bond motifs is 1. The van der Waals surface area contributed by atoms with Gasteiger partial charge in [-0.05, 0) is 31.1 Å². The number of para-hydroxylation sites is 1. The topological polar surface area (TPSA) is 59.2 Å². The van der Waals surface area contributed by atoms with Crippen LogP contribution in [0.3, 0.4) is 0 Å². The lowest BCUT2D eigenvalue weighted by molar-refractivity contribution is -0.127. The van der Waals surface area contributed by atoms with E-state index in [1.807, 2.05) is 41.3 Å². The number of amides is 1. The highest BCUT2D eigenvalue weighted by Crippen LogP contribution is 2.13. The zero-order valence-corrected chi connectivity index (χ0v) is 11.9. The zero-order valence-electron chi connectivity index (χ0n) is 11.9. The number of nitrogens with two attached hydrogens (primary N) is 1. The maximum Gasteiger partial charge on any atom is 0.246 e. The molecule has 1 aliphatic rings. The van der Waals surface area contributed by atoms with Crippen molar-refractivity contribution in [3.63, 3.8) is 0 Å². The highest BCUT2D eigenvalue weighted by molar-refractivity contribution is 5.92. The summed E-state index contributed by atoms with van der Waals surface area (Å²) in [5.41, 5.74) is 7.63. The molecule has 0 spiro atoms. The number of hydrogen-bond donors (Lipinski definition) is 1. The molecule has 0 saturated carbocycles. The maximum atomic E-state index is 12.1. The van der Waals surface area contributed by atoms with Gasteiger partial charge in [-0.25, -0.2) is 4.98 Å². The van der Waals surface area contributed by atoms with Crippen molar-refractivity contribution in [1.29, 1.82) is 0 Å². The fourth-order valence-corrected chi connectivity index (χ4v) is 2.65. The summed E-state index contributed by atoms with van der Waals surface area (Å²) in [5, 5.41) is 1.10. The second-order valence-corrected chi connectivity index (χ2v) is 5.45. The van der Waals surface area contributed by atoms with Crippen LogP contribution in [-0.4, -0.2) is 34.9 Å². The number of aromatic nitrogens is 1. The Labute approximate surface area is 124 Å². The van der Waals surface area contributed by atoms with Crippen molar-refractivity contribution < 1.29 is 4.79 Å². The Morgan fingerprint density at radius 2 is 2.14 bits per heavy atom. The van der Waals surface area contributed by atoms with E-state index in [2.05, 4.69) is 4.98 Å². The van der Waals surface area contributed by atoms with Gasteiger partial charge in [0.2, 0.25) is 5.91 Å². The van der Waals surface area contributed by atoms with Gasteiger partial charge in [-0.15, -0.1) is 0 Å². The van der Waals surface area contributed by atoms with E-state index >= 15 is 0 Å². The molecule has 4 nitrogen and oxygen atoms in total. The molecule has 4 heteroatoms. The van der Waals surface area contributed by atoms with E-state index in [1.165, 1.54) is 0 Å². The predicted molar refractivity (Wildman–Crippen MR) is 84.6 cm³/mol. The van der Waals surface area contributed by atoms with E-state index in [-0.39, 0.29) is 11.9 Å². The summed E-state index contributed by atoms with van der Waals surface area (Å²) in [6.07, 6.45) is 5.35. The minimum absolute atomic E-state index is 0.0140. The van der Waals surface area contributed by atoms with Gasteiger partial charge >= 0.3 is 0 Å². The van der Waals surface area contributed by atoms with Gasteiger partial charge in [0.05, 0.1) is 11.2 Å². The molecule has 1 aliphatic heterocycles. The first kappa shape index (κ1) is 13.8. The van der Waals surface area contributed by atoms with Gasteiger partial charge in [-0.3, -0.25) is 4.79 Å². The minimum atomic E-state index is 0.0140. The quantitative estimate of drug-likeness (QED) is 0.858. The summed E-state index contributed by atoms with van der Waals surface area (Å²) in [5.74, 6) is 0.0140. The van der Waals surface area contributed by atoms with Crippen LogP contribution in [0.15, 0.2) is 42.5 Å². The second-order valence-electron chi connectivity index (χ2n) is 5.45. The first-order valence-corrected chi connectivity index (χ1v) is 7.31. The largest absolute Gasteiger partial charge is 0.338 e. The number of rotatable bonds is 2. The van der Waals surface area contributed by atoms with Crippen LogP contribution in [0.4, 0.5) is 0 Å². The molecule has 2 heterocycles. The highest BCUT2D eigenvalue weighted by Gasteiger charge is 2.19. The highest BCUT2D eigenvalue weighted by atomic mass is 16.2. The van der Waals surface area contributed by atoms with Gasteiger partial charge in [0.25, 0.3) is 0 Å². The van der Waals surface area contributed by atoms with E-state index in [1.54, 1.807) is 12.2 Å². The first-order chi connectivity index (χ1) is 10.2. The van der Waals surface area contributed by atoms with Crippen molar-refractivity contribution in [2.75, 3.05) is 13.1 Å². The molecule has 0 aliphatic carbocycles. The first-order valence-electron chi connectivity index (χ1n) is 7.31.